The van der Waals surface area contributed by atoms with Crippen molar-refractivity contribution in [3.63, 3.8) is 0 Å². The van der Waals surface area contributed by atoms with Gasteiger partial charge in [-0.2, -0.15) is 0 Å². The van der Waals surface area contributed by atoms with Gasteiger partial charge in [0.15, 0.2) is 6.29 Å². The number of carbonyl (C=O) groups is 4. The predicted molar refractivity (Wildman–Crippen MR) is 136 cm³/mol. The van der Waals surface area contributed by atoms with Crippen molar-refractivity contribution in [1.82, 2.24) is 10.6 Å². The molecular formula is C22H37N3O16S. The van der Waals surface area contributed by atoms with Crippen LogP contribution in [0.5, 0.6) is 0 Å². The van der Waals surface area contributed by atoms with Gasteiger partial charge in [-0.05, 0) is 6.42 Å². The molecule has 0 radical (unpaired) electrons. The highest BCUT2D eigenvalue weighted by atomic mass is 32.2. The van der Waals surface area contributed by atoms with E-state index in [0.29, 0.717) is 11.8 Å². The maximum Gasteiger partial charge on any atom is 0.322 e. The van der Waals surface area contributed by atoms with Crippen LogP contribution in [0.15, 0.2) is 0 Å². The van der Waals surface area contributed by atoms with Crippen LogP contribution in [0.25, 0.3) is 0 Å². The SMILES string of the molecule is N[C@@H](CCC(=O)N[C@@H](CSC1O[C@H](CO)[C@@H](O[C@@H]2O[C@H](CO)[C@H](O)[C@H](O)[C@H]2O)[C@H](O)[C@H]1O)C(=O)NCC(=O)O)C(=O)O. The van der Waals surface area contributed by atoms with Crippen molar-refractivity contribution in [2.45, 2.75) is 85.5 Å². The van der Waals surface area contributed by atoms with E-state index in [-0.39, 0.29) is 18.6 Å². The number of ether oxygens (including phenoxy) is 3. The van der Waals surface area contributed by atoms with Gasteiger partial charge in [0.2, 0.25) is 11.8 Å². The van der Waals surface area contributed by atoms with Crippen molar-refractivity contribution in [2.75, 3.05) is 25.5 Å². The summed E-state index contributed by atoms with van der Waals surface area (Å²) in [6, 6.07) is -2.75. The summed E-state index contributed by atoms with van der Waals surface area (Å²) >= 11 is 0.696. The average Bonchev–Trinajstić information content (AvgIpc) is 2.95. The topological polar surface area (TPSA) is 328 Å². The average molecular weight is 632 g/mol. The zero-order valence-corrected chi connectivity index (χ0v) is 22.9. The summed E-state index contributed by atoms with van der Waals surface area (Å²) in [5.74, 6) is -4.79. The lowest BCUT2D eigenvalue weighted by Gasteiger charge is -2.46. The lowest BCUT2D eigenvalue weighted by atomic mass is 9.97. The maximum atomic E-state index is 12.5. The molecule has 2 aliphatic heterocycles. The van der Waals surface area contributed by atoms with E-state index in [1.54, 1.807) is 0 Å². The van der Waals surface area contributed by atoms with E-state index in [9.17, 15) is 54.9 Å². The summed E-state index contributed by atoms with van der Waals surface area (Å²) < 4.78 is 16.3. The molecular weight excluding hydrogens is 594 g/mol. The fourth-order valence-electron chi connectivity index (χ4n) is 4.03. The van der Waals surface area contributed by atoms with Crippen molar-refractivity contribution in [2.24, 2.45) is 5.73 Å². The van der Waals surface area contributed by atoms with Gasteiger partial charge in [0.1, 0.15) is 72.9 Å². The van der Waals surface area contributed by atoms with Gasteiger partial charge in [-0.25, -0.2) is 0 Å². The molecule has 13 N–H and O–H groups in total. The van der Waals surface area contributed by atoms with Crippen LogP contribution in [0, 0.1) is 0 Å². The van der Waals surface area contributed by atoms with Crippen LogP contribution in [0.4, 0.5) is 0 Å². The molecule has 1 unspecified atom stereocenters. The highest BCUT2D eigenvalue weighted by Gasteiger charge is 2.50. The molecule has 2 saturated heterocycles. The maximum absolute atomic E-state index is 12.5. The van der Waals surface area contributed by atoms with Crippen molar-refractivity contribution >= 4 is 35.5 Å². The molecule has 20 heteroatoms. The zero-order chi connectivity index (χ0) is 31.7. The number of thioether (sulfide) groups is 1. The Balaban J connectivity index is 2.08. The van der Waals surface area contributed by atoms with Crippen LogP contribution in [0.1, 0.15) is 12.8 Å². The number of carboxylic acids is 2. The fraction of sp³-hybridized carbons (Fsp3) is 0.818. The number of aliphatic carboxylic acids is 2. The molecule has 2 heterocycles. The first-order valence-corrected chi connectivity index (χ1v) is 13.7. The van der Waals surface area contributed by atoms with Crippen molar-refractivity contribution in [3.05, 3.63) is 0 Å². The van der Waals surface area contributed by atoms with E-state index in [0.717, 1.165) is 0 Å². The van der Waals surface area contributed by atoms with Gasteiger partial charge < -0.3 is 76.5 Å². The van der Waals surface area contributed by atoms with E-state index in [4.69, 9.17) is 30.2 Å². The second-order valence-corrected chi connectivity index (χ2v) is 10.7. The lowest BCUT2D eigenvalue weighted by molar-refractivity contribution is -0.338. The molecule has 0 bridgehead atoms. The number of aliphatic hydroxyl groups is 7. The van der Waals surface area contributed by atoms with E-state index in [1.165, 1.54) is 0 Å². The number of hydrogen-bond acceptors (Lipinski definition) is 16. The molecule has 0 aromatic carbocycles. The third-order valence-corrected chi connectivity index (χ3v) is 7.70. The van der Waals surface area contributed by atoms with E-state index < -0.39 is 116 Å². The molecule has 12 atom stereocenters. The van der Waals surface area contributed by atoms with Gasteiger partial charge in [0.25, 0.3) is 0 Å². The summed E-state index contributed by atoms with van der Waals surface area (Å²) in [6.45, 7) is -2.35. The molecule has 242 valence electrons. The number of nitrogens with one attached hydrogen (secondary N) is 2. The molecule has 2 rings (SSSR count). The Hall–Kier alpha value is -2.21. The Morgan fingerprint density at radius 1 is 0.881 bits per heavy atom. The van der Waals surface area contributed by atoms with Gasteiger partial charge >= 0.3 is 11.9 Å². The molecule has 2 fully saturated rings. The van der Waals surface area contributed by atoms with E-state index in [2.05, 4.69) is 10.6 Å². The Kier molecular flexibility index (Phi) is 14.2. The first-order valence-electron chi connectivity index (χ1n) is 12.7. The molecule has 0 spiro atoms. The number of hydrogen-bond donors (Lipinski definition) is 12. The highest BCUT2D eigenvalue weighted by Crippen LogP contribution is 2.33. The Bertz CT molecular complexity index is 928. The Labute approximate surface area is 242 Å². The van der Waals surface area contributed by atoms with Crippen LogP contribution in [0.2, 0.25) is 0 Å². The molecule has 0 aromatic heterocycles. The number of rotatable bonds is 15. The minimum atomic E-state index is -1.85. The summed E-state index contributed by atoms with van der Waals surface area (Å²) in [6.07, 6.45) is -15.6. The summed E-state index contributed by atoms with van der Waals surface area (Å²) in [4.78, 5) is 46.6. The van der Waals surface area contributed by atoms with Gasteiger partial charge in [-0.3, -0.25) is 19.2 Å². The summed E-state index contributed by atoms with van der Waals surface area (Å²) in [7, 11) is 0. The number of nitrogens with two attached hydrogens (primary N) is 1. The molecule has 42 heavy (non-hydrogen) atoms. The van der Waals surface area contributed by atoms with Crippen molar-refractivity contribution in [3.8, 4) is 0 Å². The number of aliphatic hydroxyl groups excluding tert-OH is 7. The minimum absolute atomic E-state index is 0.261. The van der Waals surface area contributed by atoms with Crippen LogP contribution in [-0.2, 0) is 33.4 Å². The number of amides is 2. The number of carbonyl (C=O) groups excluding carboxylic acids is 2. The first kappa shape index (κ1) is 36.0. The quantitative estimate of drug-likeness (QED) is 0.0798. The van der Waals surface area contributed by atoms with Gasteiger partial charge in [-0.1, -0.05) is 0 Å². The normalized spacial score (nSPS) is 34.7. The Morgan fingerprint density at radius 2 is 1.52 bits per heavy atom. The monoisotopic (exact) mass is 631 g/mol. The fourth-order valence-corrected chi connectivity index (χ4v) is 5.23. The predicted octanol–water partition coefficient (Wildman–Crippen LogP) is -6.78. The van der Waals surface area contributed by atoms with Gasteiger partial charge in [0.05, 0.1) is 13.2 Å². The van der Waals surface area contributed by atoms with E-state index in [1.807, 2.05) is 0 Å². The van der Waals surface area contributed by atoms with Crippen LogP contribution < -0.4 is 16.4 Å². The van der Waals surface area contributed by atoms with Gasteiger partial charge in [0, 0.05) is 12.2 Å². The Morgan fingerprint density at radius 3 is 2.10 bits per heavy atom. The molecule has 0 aliphatic carbocycles. The molecule has 2 aliphatic rings. The zero-order valence-electron chi connectivity index (χ0n) is 22.0. The van der Waals surface area contributed by atoms with Crippen LogP contribution >= 0.6 is 11.8 Å². The van der Waals surface area contributed by atoms with Crippen LogP contribution in [0.3, 0.4) is 0 Å². The molecule has 0 saturated carbocycles. The van der Waals surface area contributed by atoms with Gasteiger partial charge in [-0.15, -0.1) is 11.8 Å². The van der Waals surface area contributed by atoms with Crippen molar-refractivity contribution in [1.29, 1.82) is 0 Å². The third kappa shape index (κ3) is 9.65. The lowest BCUT2D eigenvalue weighted by Crippen LogP contribution is -2.64. The molecule has 2 amide bonds. The molecule has 19 nitrogen and oxygen atoms in total. The smallest absolute Gasteiger partial charge is 0.322 e. The molecule has 0 aromatic rings. The third-order valence-electron chi connectivity index (χ3n) is 6.45. The summed E-state index contributed by atoms with van der Waals surface area (Å²) in [5, 5.41) is 92.8. The standard InChI is InChI=1S/C22H37N3O16S/c23-7(20(37)38)1-2-11(28)25-8(19(36)24-3-12(29)30)6-42-22-17(35)15(33)18(10(5-27)40-22)41-21-16(34)14(32)13(31)9(4-26)39-21/h7-10,13-18,21-22,26-27,31-35H,1-6,23H2,(H,24,36)(H,25,28)(H,29,30)(H,37,38)/t7-,8-,9+,10+,13-,14-,15+,16+,17+,18+,21-,22?/m0/s1. The number of carboxylic acid groups (broad SMARTS) is 2. The summed E-state index contributed by atoms with van der Waals surface area (Å²) in [5.41, 5.74) is 4.02. The highest BCUT2D eigenvalue weighted by molar-refractivity contribution is 7.99. The largest absolute Gasteiger partial charge is 0.480 e. The minimum Gasteiger partial charge on any atom is -0.480 e. The second kappa shape index (κ2) is 16.6. The van der Waals surface area contributed by atoms with Crippen molar-refractivity contribution < 1.29 is 79.3 Å². The van der Waals surface area contributed by atoms with Crippen LogP contribution in [-0.4, -0.2) is 168 Å². The second-order valence-electron chi connectivity index (χ2n) is 9.55. The first-order chi connectivity index (χ1) is 19.7. The van der Waals surface area contributed by atoms with E-state index >= 15 is 0 Å².